The molecule has 0 bridgehead atoms. The third-order valence-electron chi connectivity index (χ3n) is 3.71. The Hall–Kier alpha value is -1.73. The molecule has 1 aromatic heterocycles. The van der Waals surface area contributed by atoms with Crippen molar-refractivity contribution < 1.29 is 8.42 Å². The molecular weight excluding hydrogens is 276 g/mol. The van der Waals surface area contributed by atoms with E-state index in [-0.39, 0.29) is 11.8 Å². The summed E-state index contributed by atoms with van der Waals surface area (Å²) in [5, 5.41) is 6.03. The Morgan fingerprint density at radius 1 is 1.30 bits per heavy atom. The van der Waals surface area contributed by atoms with E-state index in [9.17, 15) is 8.42 Å². The quantitative estimate of drug-likeness (QED) is 0.901. The van der Waals surface area contributed by atoms with E-state index < -0.39 is 10.0 Å². The minimum absolute atomic E-state index is 0.217. The predicted molar refractivity (Wildman–Crippen MR) is 74.4 cm³/mol. The zero-order valence-corrected chi connectivity index (χ0v) is 12.0. The number of benzene rings is 1. The molecule has 1 aliphatic carbocycles. The Morgan fingerprint density at radius 3 is 2.50 bits per heavy atom. The summed E-state index contributed by atoms with van der Waals surface area (Å²) in [6.07, 6.45) is 2.54. The summed E-state index contributed by atoms with van der Waals surface area (Å²) in [4.78, 5) is 3.96. The molecule has 1 aliphatic rings. The van der Waals surface area contributed by atoms with Gasteiger partial charge in [-0.2, -0.15) is 9.40 Å². The Balaban J connectivity index is 1.77. The summed E-state index contributed by atoms with van der Waals surface area (Å²) in [5.41, 5.74) is 2.27. The highest BCUT2D eigenvalue weighted by Gasteiger charge is 2.35. The minimum atomic E-state index is -3.34. The summed E-state index contributed by atoms with van der Waals surface area (Å²) < 4.78 is 26.5. The first-order valence-electron chi connectivity index (χ1n) is 6.43. The fourth-order valence-corrected chi connectivity index (χ4v) is 4.18. The van der Waals surface area contributed by atoms with Gasteiger partial charge in [-0.1, -0.05) is 24.3 Å². The van der Waals surface area contributed by atoms with E-state index in [0.717, 1.165) is 11.1 Å². The van der Waals surface area contributed by atoms with Crippen LogP contribution in [-0.4, -0.2) is 40.2 Å². The van der Waals surface area contributed by atoms with Gasteiger partial charge >= 0.3 is 0 Å². The van der Waals surface area contributed by atoms with E-state index >= 15 is 0 Å². The van der Waals surface area contributed by atoms with Gasteiger partial charge in [-0.05, 0) is 24.0 Å². The molecule has 2 aromatic rings. The lowest BCUT2D eigenvalue weighted by Crippen LogP contribution is -2.36. The normalized spacial score (nSPS) is 15.7. The Morgan fingerprint density at radius 2 is 1.95 bits per heavy atom. The largest absolute Gasteiger partial charge is 0.262 e. The fourth-order valence-electron chi connectivity index (χ4n) is 2.59. The first kappa shape index (κ1) is 13.3. The van der Waals surface area contributed by atoms with Crippen LogP contribution in [0.1, 0.15) is 17.0 Å². The van der Waals surface area contributed by atoms with E-state index in [1.54, 1.807) is 7.05 Å². The number of sulfonamides is 1. The number of fused-ring (bicyclic) bond motifs is 1. The number of nitrogens with zero attached hydrogens (tertiary/aromatic N) is 3. The number of rotatable bonds is 4. The summed E-state index contributed by atoms with van der Waals surface area (Å²) in [7, 11) is -1.75. The summed E-state index contributed by atoms with van der Waals surface area (Å²) >= 11 is 0. The second-order valence-electron chi connectivity index (χ2n) is 5.03. The molecule has 3 rings (SSSR count). The molecule has 1 N–H and O–H groups in total. The van der Waals surface area contributed by atoms with Gasteiger partial charge in [0.15, 0.2) is 0 Å². The molecule has 0 saturated carbocycles. The highest BCUT2D eigenvalue weighted by Crippen LogP contribution is 2.28. The summed E-state index contributed by atoms with van der Waals surface area (Å²) in [6.45, 7) is 0.217. The Bertz CT molecular complexity index is 672. The molecule has 0 unspecified atom stereocenters. The molecule has 20 heavy (non-hydrogen) atoms. The van der Waals surface area contributed by atoms with Crippen LogP contribution in [0.25, 0.3) is 0 Å². The SMILES string of the molecule is CN(Cc1ncn[nH]1)S(=O)(=O)C1Cc2ccccc2C1. The molecule has 0 aliphatic heterocycles. The average Bonchev–Trinajstić information content (AvgIpc) is 3.06. The van der Waals surface area contributed by atoms with Crippen LogP contribution in [-0.2, 0) is 29.4 Å². The second kappa shape index (κ2) is 4.99. The molecule has 6 nitrogen and oxygen atoms in total. The van der Waals surface area contributed by atoms with E-state index in [4.69, 9.17) is 0 Å². The number of aromatic amines is 1. The van der Waals surface area contributed by atoms with Crippen molar-refractivity contribution >= 4 is 10.0 Å². The van der Waals surface area contributed by atoms with Gasteiger partial charge in [-0.3, -0.25) is 5.10 Å². The van der Waals surface area contributed by atoms with Crippen molar-refractivity contribution in [3.05, 3.63) is 47.5 Å². The van der Waals surface area contributed by atoms with Crippen molar-refractivity contribution in [3.8, 4) is 0 Å². The molecule has 0 amide bonds. The van der Waals surface area contributed by atoms with Gasteiger partial charge in [0.25, 0.3) is 0 Å². The third kappa shape index (κ3) is 2.34. The zero-order chi connectivity index (χ0) is 14.2. The first-order chi connectivity index (χ1) is 9.57. The smallest absolute Gasteiger partial charge is 0.217 e. The van der Waals surface area contributed by atoms with E-state index in [2.05, 4.69) is 15.2 Å². The van der Waals surface area contributed by atoms with Crippen LogP contribution in [0.2, 0.25) is 0 Å². The molecule has 0 atom stereocenters. The number of nitrogens with one attached hydrogen (secondary N) is 1. The molecular formula is C13H16N4O2S. The zero-order valence-electron chi connectivity index (χ0n) is 11.2. The lowest BCUT2D eigenvalue weighted by molar-refractivity contribution is 0.447. The van der Waals surface area contributed by atoms with Crippen LogP contribution in [0.3, 0.4) is 0 Å². The molecule has 0 saturated heterocycles. The lowest BCUT2D eigenvalue weighted by Gasteiger charge is -2.20. The second-order valence-corrected chi connectivity index (χ2v) is 7.35. The summed E-state index contributed by atoms with van der Waals surface area (Å²) in [6, 6.07) is 7.90. The molecule has 0 spiro atoms. The predicted octanol–water partition coefficient (Wildman–Crippen LogP) is 0.734. The average molecular weight is 292 g/mol. The van der Waals surface area contributed by atoms with Gasteiger partial charge in [0.05, 0.1) is 11.8 Å². The van der Waals surface area contributed by atoms with Gasteiger partial charge in [0, 0.05) is 7.05 Å². The van der Waals surface area contributed by atoms with Crippen LogP contribution in [0.15, 0.2) is 30.6 Å². The molecule has 0 fully saturated rings. The van der Waals surface area contributed by atoms with Crippen LogP contribution < -0.4 is 0 Å². The highest BCUT2D eigenvalue weighted by molar-refractivity contribution is 7.89. The van der Waals surface area contributed by atoms with Gasteiger partial charge in [-0.15, -0.1) is 0 Å². The van der Waals surface area contributed by atoms with Crippen LogP contribution >= 0.6 is 0 Å². The topological polar surface area (TPSA) is 79.0 Å². The van der Waals surface area contributed by atoms with Crippen molar-refractivity contribution in [2.45, 2.75) is 24.6 Å². The summed E-state index contributed by atoms with van der Waals surface area (Å²) in [5.74, 6) is 0.548. The Labute approximate surface area is 117 Å². The molecule has 1 heterocycles. The van der Waals surface area contributed by atoms with Crippen LogP contribution in [0.5, 0.6) is 0 Å². The fraction of sp³-hybridized carbons (Fsp3) is 0.385. The standard InChI is InChI=1S/C13H16N4O2S/c1-17(8-13-14-9-15-16-13)20(18,19)12-6-10-4-2-3-5-11(10)7-12/h2-5,9,12H,6-8H2,1H3,(H,14,15,16). The van der Waals surface area contributed by atoms with E-state index in [0.29, 0.717) is 18.7 Å². The van der Waals surface area contributed by atoms with E-state index in [1.807, 2.05) is 24.3 Å². The molecule has 106 valence electrons. The van der Waals surface area contributed by atoms with Crippen molar-refractivity contribution in [2.24, 2.45) is 0 Å². The maximum Gasteiger partial charge on any atom is 0.217 e. The van der Waals surface area contributed by atoms with Gasteiger partial charge in [0.2, 0.25) is 10.0 Å². The highest BCUT2D eigenvalue weighted by atomic mass is 32.2. The van der Waals surface area contributed by atoms with Crippen molar-refractivity contribution in [3.63, 3.8) is 0 Å². The number of hydrogen-bond donors (Lipinski definition) is 1. The monoisotopic (exact) mass is 292 g/mol. The van der Waals surface area contributed by atoms with Gasteiger partial charge in [0.1, 0.15) is 12.2 Å². The number of H-pyrrole nitrogens is 1. The van der Waals surface area contributed by atoms with Gasteiger partial charge < -0.3 is 0 Å². The molecule has 1 aromatic carbocycles. The maximum atomic E-state index is 12.6. The number of aromatic nitrogens is 3. The van der Waals surface area contributed by atoms with Crippen molar-refractivity contribution in [1.29, 1.82) is 0 Å². The van der Waals surface area contributed by atoms with Crippen LogP contribution in [0, 0.1) is 0 Å². The minimum Gasteiger partial charge on any atom is -0.262 e. The number of hydrogen-bond acceptors (Lipinski definition) is 4. The lowest BCUT2D eigenvalue weighted by atomic mass is 10.1. The molecule has 7 heteroatoms. The Kier molecular flexibility index (Phi) is 3.31. The van der Waals surface area contributed by atoms with Crippen molar-refractivity contribution in [2.75, 3.05) is 7.05 Å². The maximum absolute atomic E-state index is 12.6. The van der Waals surface area contributed by atoms with Crippen molar-refractivity contribution in [1.82, 2.24) is 19.5 Å². The van der Waals surface area contributed by atoms with Gasteiger partial charge in [-0.25, -0.2) is 13.4 Å². The first-order valence-corrected chi connectivity index (χ1v) is 7.94. The van der Waals surface area contributed by atoms with Crippen LogP contribution in [0.4, 0.5) is 0 Å². The molecule has 0 radical (unpaired) electrons. The third-order valence-corrected chi connectivity index (χ3v) is 5.88. The van der Waals surface area contributed by atoms with E-state index in [1.165, 1.54) is 10.6 Å².